The van der Waals surface area contributed by atoms with Crippen LogP contribution in [-0.4, -0.2) is 53.5 Å². The summed E-state index contributed by atoms with van der Waals surface area (Å²) in [6.07, 6.45) is 2.07. The number of halogens is 1. The minimum atomic E-state index is -0.334. The summed E-state index contributed by atoms with van der Waals surface area (Å²) in [5.74, 6) is -0.557. The van der Waals surface area contributed by atoms with Crippen molar-refractivity contribution in [1.29, 1.82) is 0 Å². The molecule has 2 saturated heterocycles. The van der Waals surface area contributed by atoms with Crippen molar-refractivity contribution >= 4 is 11.9 Å². The second-order valence-corrected chi connectivity index (χ2v) is 8.38. The SMILES string of the molecule is CC(C)(C)NC(=O)N1CC(C(=O)N2CCCC2)C(c2ccc(F)cc2)C1. The lowest BCUT2D eigenvalue weighted by Gasteiger charge is -2.26. The van der Waals surface area contributed by atoms with Gasteiger partial charge in [-0.2, -0.15) is 0 Å². The van der Waals surface area contributed by atoms with Gasteiger partial charge < -0.3 is 15.1 Å². The van der Waals surface area contributed by atoms with Crippen LogP contribution in [0.4, 0.5) is 9.18 Å². The lowest BCUT2D eigenvalue weighted by molar-refractivity contribution is -0.134. The molecule has 2 aliphatic heterocycles. The zero-order valence-electron chi connectivity index (χ0n) is 15.8. The number of hydrogen-bond acceptors (Lipinski definition) is 2. The summed E-state index contributed by atoms with van der Waals surface area (Å²) in [4.78, 5) is 29.3. The summed E-state index contributed by atoms with van der Waals surface area (Å²) in [5.41, 5.74) is 0.578. The molecular formula is C20H28FN3O2. The molecule has 2 unspecified atom stereocenters. The van der Waals surface area contributed by atoms with Gasteiger partial charge in [-0.1, -0.05) is 12.1 Å². The molecule has 5 nitrogen and oxygen atoms in total. The molecule has 0 aromatic heterocycles. The van der Waals surface area contributed by atoms with Crippen LogP contribution in [0, 0.1) is 11.7 Å². The van der Waals surface area contributed by atoms with Crippen molar-refractivity contribution in [3.05, 3.63) is 35.6 Å². The summed E-state index contributed by atoms with van der Waals surface area (Å²) in [6.45, 7) is 8.26. The molecule has 1 N–H and O–H groups in total. The predicted octanol–water partition coefficient (Wildman–Crippen LogP) is 2.97. The van der Waals surface area contributed by atoms with Crippen LogP contribution in [0.15, 0.2) is 24.3 Å². The van der Waals surface area contributed by atoms with Gasteiger partial charge in [0.25, 0.3) is 0 Å². The van der Waals surface area contributed by atoms with Crippen molar-refractivity contribution in [1.82, 2.24) is 15.1 Å². The summed E-state index contributed by atoms with van der Waals surface area (Å²) < 4.78 is 13.3. The zero-order chi connectivity index (χ0) is 18.9. The number of likely N-dealkylation sites (tertiary alicyclic amines) is 2. The molecule has 0 aliphatic carbocycles. The molecule has 26 heavy (non-hydrogen) atoms. The van der Waals surface area contributed by atoms with E-state index < -0.39 is 0 Å². The molecule has 6 heteroatoms. The normalized spacial score (nSPS) is 23.4. The van der Waals surface area contributed by atoms with E-state index in [1.165, 1.54) is 12.1 Å². The maximum Gasteiger partial charge on any atom is 0.317 e. The van der Waals surface area contributed by atoms with E-state index in [1.807, 2.05) is 25.7 Å². The first-order chi connectivity index (χ1) is 12.2. The maximum absolute atomic E-state index is 13.3. The third-order valence-corrected chi connectivity index (χ3v) is 5.12. The Hall–Kier alpha value is -2.11. The molecule has 2 heterocycles. The molecule has 0 saturated carbocycles. The highest BCUT2D eigenvalue weighted by molar-refractivity contribution is 5.83. The molecule has 3 rings (SSSR count). The van der Waals surface area contributed by atoms with Gasteiger partial charge in [0.15, 0.2) is 0 Å². The van der Waals surface area contributed by atoms with E-state index in [2.05, 4.69) is 5.32 Å². The minimum Gasteiger partial charge on any atom is -0.342 e. The average Bonchev–Trinajstić information content (AvgIpc) is 3.23. The maximum atomic E-state index is 13.3. The van der Waals surface area contributed by atoms with E-state index in [-0.39, 0.29) is 35.1 Å². The molecular weight excluding hydrogens is 333 g/mol. The van der Waals surface area contributed by atoms with Crippen LogP contribution in [0.3, 0.4) is 0 Å². The Bertz CT molecular complexity index is 663. The van der Waals surface area contributed by atoms with Gasteiger partial charge in [-0.15, -0.1) is 0 Å². The number of carbonyl (C=O) groups excluding carboxylic acids is 2. The molecule has 142 valence electrons. The number of amides is 3. The first-order valence-corrected chi connectivity index (χ1v) is 9.36. The number of urea groups is 1. The van der Waals surface area contributed by atoms with Crippen molar-refractivity contribution < 1.29 is 14.0 Å². The van der Waals surface area contributed by atoms with Gasteiger partial charge >= 0.3 is 6.03 Å². The Labute approximate surface area is 154 Å². The fourth-order valence-corrected chi connectivity index (χ4v) is 3.84. The van der Waals surface area contributed by atoms with Gasteiger partial charge in [-0.25, -0.2) is 9.18 Å². The van der Waals surface area contributed by atoms with Gasteiger partial charge in [-0.3, -0.25) is 4.79 Å². The highest BCUT2D eigenvalue weighted by Gasteiger charge is 2.42. The van der Waals surface area contributed by atoms with E-state index in [4.69, 9.17) is 0 Å². The quantitative estimate of drug-likeness (QED) is 0.880. The number of nitrogens with zero attached hydrogens (tertiary/aromatic N) is 2. The fourth-order valence-electron chi connectivity index (χ4n) is 3.84. The van der Waals surface area contributed by atoms with Gasteiger partial charge in [0.2, 0.25) is 5.91 Å². The summed E-state index contributed by atoms with van der Waals surface area (Å²) >= 11 is 0. The van der Waals surface area contributed by atoms with Gasteiger partial charge in [-0.05, 0) is 51.3 Å². The summed E-state index contributed by atoms with van der Waals surface area (Å²) in [6, 6.07) is 6.15. The van der Waals surface area contributed by atoms with Crippen molar-refractivity contribution in [3.8, 4) is 0 Å². The molecule has 2 aliphatic rings. The predicted molar refractivity (Wildman–Crippen MR) is 98.3 cm³/mol. The molecule has 0 bridgehead atoms. The molecule has 1 aromatic carbocycles. The fraction of sp³-hybridized carbons (Fsp3) is 0.600. The minimum absolute atomic E-state index is 0.102. The number of benzene rings is 1. The van der Waals surface area contributed by atoms with Crippen LogP contribution < -0.4 is 5.32 Å². The third-order valence-electron chi connectivity index (χ3n) is 5.12. The molecule has 0 radical (unpaired) electrons. The van der Waals surface area contributed by atoms with Crippen LogP contribution in [0.1, 0.15) is 45.1 Å². The lowest BCUT2D eigenvalue weighted by Crippen LogP contribution is -2.48. The summed E-state index contributed by atoms with van der Waals surface area (Å²) in [5, 5.41) is 2.97. The molecule has 0 spiro atoms. The van der Waals surface area contributed by atoms with Crippen molar-refractivity contribution in [2.75, 3.05) is 26.2 Å². The standard InChI is InChI=1S/C20H28FN3O2/c1-20(2,3)22-19(26)24-12-16(14-6-8-15(21)9-7-14)17(13-24)18(25)23-10-4-5-11-23/h6-9,16-17H,4-5,10-13H2,1-3H3,(H,22,26). The highest BCUT2D eigenvalue weighted by Crippen LogP contribution is 2.35. The molecule has 3 amide bonds. The lowest BCUT2D eigenvalue weighted by atomic mass is 9.88. The first-order valence-electron chi connectivity index (χ1n) is 9.36. The van der Waals surface area contributed by atoms with Crippen LogP contribution in [0.2, 0.25) is 0 Å². The Morgan fingerprint density at radius 3 is 2.23 bits per heavy atom. The Kier molecular flexibility index (Phi) is 5.21. The van der Waals surface area contributed by atoms with Crippen molar-refractivity contribution in [2.24, 2.45) is 5.92 Å². The van der Waals surface area contributed by atoms with Crippen molar-refractivity contribution in [2.45, 2.75) is 45.1 Å². The van der Waals surface area contributed by atoms with E-state index in [9.17, 15) is 14.0 Å². The van der Waals surface area contributed by atoms with Gasteiger partial charge in [0.05, 0.1) is 5.92 Å². The first kappa shape index (κ1) is 18.7. The number of nitrogens with one attached hydrogen (secondary N) is 1. The van der Waals surface area contributed by atoms with Crippen molar-refractivity contribution in [3.63, 3.8) is 0 Å². The molecule has 2 atom stereocenters. The summed E-state index contributed by atoms with van der Waals surface area (Å²) in [7, 11) is 0. The Morgan fingerprint density at radius 1 is 1.04 bits per heavy atom. The van der Waals surface area contributed by atoms with Crippen LogP contribution >= 0.6 is 0 Å². The Morgan fingerprint density at radius 2 is 1.65 bits per heavy atom. The van der Waals surface area contributed by atoms with Gasteiger partial charge in [0.1, 0.15) is 5.82 Å². The largest absolute Gasteiger partial charge is 0.342 e. The molecule has 1 aromatic rings. The smallest absolute Gasteiger partial charge is 0.317 e. The molecule has 2 fully saturated rings. The number of hydrogen-bond donors (Lipinski definition) is 1. The Balaban J connectivity index is 1.81. The zero-order valence-corrected chi connectivity index (χ0v) is 15.8. The van der Waals surface area contributed by atoms with E-state index in [0.29, 0.717) is 13.1 Å². The van der Waals surface area contributed by atoms with E-state index in [1.54, 1.807) is 17.0 Å². The second kappa shape index (κ2) is 7.25. The average molecular weight is 361 g/mol. The number of rotatable bonds is 2. The van der Waals surface area contributed by atoms with E-state index in [0.717, 1.165) is 31.5 Å². The van der Waals surface area contributed by atoms with Crippen LogP contribution in [-0.2, 0) is 4.79 Å². The van der Waals surface area contributed by atoms with Crippen LogP contribution in [0.25, 0.3) is 0 Å². The second-order valence-electron chi connectivity index (χ2n) is 8.38. The van der Waals surface area contributed by atoms with E-state index >= 15 is 0 Å². The number of carbonyl (C=O) groups is 2. The van der Waals surface area contributed by atoms with Crippen LogP contribution in [0.5, 0.6) is 0 Å². The van der Waals surface area contributed by atoms with Gasteiger partial charge in [0, 0.05) is 37.6 Å². The third kappa shape index (κ3) is 4.17. The monoisotopic (exact) mass is 361 g/mol. The highest BCUT2D eigenvalue weighted by atomic mass is 19.1. The topological polar surface area (TPSA) is 52.7 Å².